The fourth-order valence-electron chi connectivity index (χ4n) is 4.31. The smallest absolute Gasteiger partial charge is 0.229 e. The number of pyridine rings is 1. The first-order valence-corrected chi connectivity index (χ1v) is 11.2. The summed E-state index contributed by atoms with van der Waals surface area (Å²) in [5.41, 5.74) is 2.60. The zero-order chi connectivity index (χ0) is 22.1. The second-order valence-electron chi connectivity index (χ2n) is 8.39. The molecule has 2 aromatic heterocycles. The fourth-order valence-corrected chi connectivity index (χ4v) is 4.31. The summed E-state index contributed by atoms with van der Waals surface area (Å²) in [6.07, 6.45) is 0.146. The molecule has 8 heteroatoms. The number of morpholine rings is 2. The zero-order valence-electron chi connectivity index (χ0n) is 18.8. The summed E-state index contributed by atoms with van der Waals surface area (Å²) in [5, 5.41) is 0.959. The number of hydrogen-bond donors (Lipinski definition) is 0. The summed E-state index contributed by atoms with van der Waals surface area (Å²) in [7, 11) is 1.67. The van der Waals surface area contributed by atoms with Crippen molar-refractivity contribution in [3.8, 4) is 17.0 Å². The van der Waals surface area contributed by atoms with Crippen LogP contribution >= 0.6 is 0 Å². The Morgan fingerprint density at radius 2 is 1.81 bits per heavy atom. The molecule has 0 radical (unpaired) electrons. The molecule has 2 saturated heterocycles. The number of aromatic nitrogens is 3. The molecule has 5 rings (SSSR count). The monoisotopic (exact) mass is 435 g/mol. The number of methoxy groups -OCH3 is 1. The number of benzene rings is 1. The lowest BCUT2D eigenvalue weighted by molar-refractivity contribution is 0.0526. The highest BCUT2D eigenvalue weighted by atomic mass is 16.5. The summed E-state index contributed by atoms with van der Waals surface area (Å²) in [6.45, 7) is 8.64. The average molecular weight is 436 g/mol. The van der Waals surface area contributed by atoms with E-state index >= 15 is 0 Å². The Kier molecular flexibility index (Phi) is 5.80. The SMILES string of the molecule is COc1ccc(-c2ccc3c(N4CCOC[C@@H]4C)nc(N4CCO[C@@H](C)C4)nc3n2)cc1. The molecule has 2 aliphatic heterocycles. The normalized spacial score (nSPS) is 21.7. The molecule has 3 aromatic rings. The van der Waals surface area contributed by atoms with Crippen LogP contribution in [0, 0.1) is 0 Å². The molecular formula is C24H29N5O3. The highest BCUT2D eigenvalue weighted by Gasteiger charge is 2.26. The topological polar surface area (TPSA) is 72.8 Å². The van der Waals surface area contributed by atoms with Crippen molar-refractivity contribution in [2.24, 2.45) is 0 Å². The van der Waals surface area contributed by atoms with Gasteiger partial charge in [-0.3, -0.25) is 0 Å². The molecule has 0 amide bonds. The van der Waals surface area contributed by atoms with Crippen LogP contribution in [0.15, 0.2) is 36.4 Å². The number of fused-ring (bicyclic) bond motifs is 1. The largest absolute Gasteiger partial charge is 0.497 e. The number of anilines is 2. The fraction of sp³-hybridized carbons (Fsp3) is 0.458. The van der Waals surface area contributed by atoms with E-state index < -0.39 is 0 Å². The van der Waals surface area contributed by atoms with Crippen LogP contribution in [-0.2, 0) is 9.47 Å². The van der Waals surface area contributed by atoms with Crippen LogP contribution in [0.3, 0.4) is 0 Å². The van der Waals surface area contributed by atoms with E-state index in [9.17, 15) is 0 Å². The van der Waals surface area contributed by atoms with Crippen molar-refractivity contribution >= 4 is 22.8 Å². The van der Waals surface area contributed by atoms with Crippen molar-refractivity contribution in [2.45, 2.75) is 26.0 Å². The minimum atomic E-state index is 0.146. The van der Waals surface area contributed by atoms with E-state index in [4.69, 9.17) is 29.2 Å². The predicted octanol–water partition coefficient (Wildman–Crippen LogP) is 3.15. The van der Waals surface area contributed by atoms with Crippen molar-refractivity contribution in [2.75, 3.05) is 56.4 Å². The van der Waals surface area contributed by atoms with E-state index in [-0.39, 0.29) is 12.1 Å². The van der Waals surface area contributed by atoms with Gasteiger partial charge in [-0.15, -0.1) is 0 Å². The van der Waals surface area contributed by atoms with E-state index in [1.54, 1.807) is 7.11 Å². The molecule has 0 bridgehead atoms. The van der Waals surface area contributed by atoms with Crippen LogP contribution in [0.2, 0.25) is 0 Å². The van der Waals surface area contributed by atoms with Gasteiger partial charge in [-0.2, -0.15) is 9.97 Å². The van der Waals surface area contributed by atoms with Crippen LogP contribution in [-0.4, -0.2) is 73.7 Å². The molecule has 2 fully saturated rings. The van der Waals surface area contributed by atoms with Crippen LogP contribution < -0.4 is 14.5 Å². The standard InChI is InChI=1S/C24H29N5O3/c1-16-15-31-12-11-29(16)23-20-8-9-21(18-4-6-19(30-3)7-5-18)25-22(20)26-24(27-23)28-10-13-32-17(2)14-28/h4-9,16-17H,10-15H2,1-3H3/t16-,17-/m0/s1. The van der Waals surface area contributed by atoms with Crippen LogP contribution in [0.1, 0.15) is 13.8 Å². The third-order valence-corrected chi connectivity index (χ3v) is 6.08. The van der Waals surface area contributed by atoms with Gasteiger partial charge >= 0.3 is 0 Å². The Labute approximate surface area is 188 Å². The minimum absolute atomic E-state index is 0.146. The van der Waals surface area contributed by atoms with Crippen molar-refractivity contribution in [3.63, 3.8) is 0 Å². The Morgan fingerprint density at radius 1 is 0.969 bits per heavy atom. The van der Waals surface area contributed by atoms with Crippen LogP contribution in [0.5, 0.6) is 5.75 Å². The highest BCUT2D eigenvalue weighted by Crippen LogP contribution is 2.31. The van der Waals surface area contributed by atoms with Gasteiger partial charge in [0.1, 0.15) is 11.6 Å². The summed E-state index contributed by atoms with van der Waals surface area (Å²) < 4.78 is 16.7. The third kappa shape index (κ3) is 4.08. The maximum absolute atomic E-state index is 5.73. The molecule has 32 heavy (non-hydrogen) atoms. The molecule has 4 heterocycles. The maximum Gasteiger partial charge on any atom is 0.229 e. The first kappa shape index (κ1) is 20.9. The third-order valence-electron chi connectivity index (χ3n) is 6.08. The molecule has 0 unspecified atom stereocenters. The van der Waals surface area contributed by atoms with Gasteiger partial charge in [-0.25, -0.2) is 4.98 Å². The molecule has 2 atom stereocenters. The van der Waals surface area contributed by atoms with E-state index in [1.165, 1.54) is 0 Å². The van der Waals surface area contributed by atoms with Crippen molar-refractivity contribution < 1.29 is 14.2 Å². The van der Waals surface area contributed by atoms with E-state index in [2.05, 4.69) is 29.7 Å². The first-order chi connectivity index (χ1) is 15.6. The Morgan fingerprint density at radius 3 is 2.56 bits per heavy atom. The Balaban J connectivity index is 1.61. The van der Waals surface area contributed by atoms with E-state index in [0.717, 1.165) is 47.8 Å². The molecule has 0 spiro atoms. The van der Waals surface area contributed by atoms with Gasteiger partial charge in [0.15, 0.2) is 5.65 Å². The van der Waals surface area contributed by atoms with Gasteiger partial charge in [0.25, 0.3) is 0 Å². The van der Waals surface area contributed by atoms with E-state index in [0.29, 0.717) is 31.4 Å². The van der Waals surface area contributed by atoms with Gasteiger partial charge in [0.2, 0.25) is 5.95 Å². The number of hydrogen-bond acceptors (Lipinski definition) is 8. The summed E-state index contributed by atoms with van der Waals surface area (Å²) in [6, 6.07) is 12.3. The highest BCUT2D eigenvalue weighted by molar-refractivity contribution is 5.90. The van der Waals surface area contributed by atoms with Crippen molar-refractivity contribution in [1.82, 2.24) is 15.0 Å². The number of ether oxygens (including phenoxy) is 3. The van der Waals surface area contributed by atoms with Gasteiger partial charge in [-0.1, -0.05) is 0 Å². The maximum atomic E-state index is 5.73. The van der Waals surface area contributed by atoms with Crippen LogP contribution in [0.4, 0.5) is 11.8 Å². The van der Waals surface area contributed by atoms with Crippen molar-refractivity contribution in [1.29, 1.82) is 0 Å². The van der Waals surface area contributed by atoms with Crippen LogP contribution in [0.25, 0.3) is 22.3 Å². The zero-order valence-corrected chi connectivity index (χ0v) is 18.8. The summed E-state index contributed by atoms with van der Waals surface area (Å²) >= 11 is 0. The van der Waals surface area contributed by atoms with Gasteiger partial charge in [0.05, 0.1) is 50.2 Å². The molecule has 0 saturated carbocycles. The lowest BCUT2D eigenvalue weighted by atomic mass is 10.1. The van der Waals surface area contributed by atoms with Gasteiger partial charge in [-0.05, 0) is 50.2 Å². The number of nitrogens with zero attached hydrogens (tertiary/aromatic N) is 5. The minimum Gasteiger partial charge on any atom is -0.497 e. The Hall–Kier alpha value is -2.97. The molecule has 2 aliphatic rings. The molecule has 0 aliphatic carbocycles. The molecule has 1 aromatic carbocycles. The second kappa shape index (κ2) is 8.88. The molecule has 168 valence electrons. The molecule has 0 N–H and O–H groups in total. The van der Waals surface area contributed by atoms with E-state index in [1.807, 2.05) is 30.3 Å². The van der Waals surface area contributed by atoms with Gasteiger partial charge in [0, 0.05) is 25.2 Å². The first-order valence-electron chi connectivity index (χ1n) is 11.2. The lowest BCUT2D eigenvalue weighted by Gasteiger charge is -2.36. The molecule has 8 nitrogen and oxygen atoms in total. The van der Waals surface area contributed by atoms with Crippen molar-refractivity contribution in [3.05, 3.63) is 36.4 Å². The lowest BCUT2D eigenvalue weighted by Crippen LogP contribution is -2.45. The molecular weight excluding hydrogens is 406 g/mol. The summed E-state index contributed by atoms with van der Waals surface area (Å²) in [5.74, 6) is 2.46. The summed E-state index contributed by atoms with van der Waals surface area (Å²) in [4.78, 5) is 19.4. The van der Waals surface area contributed by atoms with Gasteiger partial charge < -0.3 is 24.0 Å². The Bertz CT molecular complexity index is 1090. The average Bonchev–Trinajstić information content (AvgIpc) is 2.83. The predicted molar refractivity (Wildman–Crippen MR) is 125 cm³/mol. The second-order valence-corrected chi connectivity index (χ2v) is 8.39. The number of rotatable bonds is 4. The quantitative estimate of drug-likeness (QED) is 0.619.